The van der Waals surface area contributed by atoms with Crippen LogP contribution in [0, 0.1) is 22.0 Å². The number of nitrogens with zero attached hydrogens (tertiary/aromatic N) is 4. The average molecular weight is 504 g/mol. The van der Waals surface area contributed by atoms with Crippen molar-refractivity contribution in [1.82, 2.24) is 5.01 Å². The van der Waals surface area contributed by atoms with E-state index in [1.807, 2.05) is 0 Å². The fourth-order valence-corrected chi connectivity index (χ4v) is 5.07. The molecule has 3 heterocycles. The molecule has 2 aromatic carbocycles. The zero-order valence-corrected chi connectivity index (χ0v) is 19.6. The van der Waals surface area contributed by atoms with Gasteiger partial charge in [-0.2, -0.15) is 5.10 Å². The van der Waals surface area contributed by atoms with Gasteiger partial charge in [0.05, 0.1) is 29.9 Å². The zero-order valence-electron chi connectivity index (χ0n) is 19.6. The smallest absolute Gasteiger partial charge is 0.308 e. The minimum Gasteiger partial charge on any atom is -0.495 e. The van der Waals surface area contributed by atoms with Gasteiger partial charge in [0.15, 0.2) is 5.78 Å². The number of hydrazone groups is 1. The lowest BCUT2D eigenvalue weighted by Gasteiger charge is -2.30. The van der Waals surface area contributed by atoms with Gasteiger partial charge in [-0.1, -0.05) is 6.08 Å². The molecule has 2 fully saturated rings. The second-order valence-corrected chi connectivity index (χ2v) is 8.62. The summed E-state index contributed by atoms with van der Waals surface area (Å²) in [5.74, 6) is -3.93. The molecule has 3 aliphatic rings. The summed E-state index contributed by atoms with van der Waals surface area (Å²) in [5.41, 5.74) is -0.151. The number of imide groups is 1. The molecule has 2 saturated heterocycles. The Morgan fingerprint density at radius 3 is 2.41 bits per heavy atom. The summed E-state index contributed by atoms with van der Waals surface area (Å²) in [6, 6.07) is 7.70. The number of nitro benzene ring substituents is 1. The molecule has 3 aliphatic heterocycles. The van der Waals surface area contributed by atoms with Crippen LogP contribution in [0.4, 0.5) is 11.4 Å². The van der Waals surface area contributed by atoms with Crippen molar-refractivity contribution in [3.63, 3.8) is 0 Å². The molecule has 4 atom stereocenters. The molecule has 37 heavy (non-hydrogen) atoms. The van der Waals surface area contributed by atoms with Crippen molar-refractivity contribution in [2.45, 2.75) is 19.0 Å². The van der Waals surface area contributed by atoms with E-state index in [-0.39, 0.29) is 28.4 Å². The second-order valence-electron chi connectivity index (χ2n) is 8.62. The van der Waals surface area contributed by atoms with Crippen molar-refractivity contribution < 1.29 is 33.6 Å². The Morgan fingerprint density at radius 1 is 1.05 bits per heavy atom. The van der Waals surface area contributed by atoms with Crippen molar-refractivity contribution in [2.75, 3.05) is 12.0 Å². The van der Waals surface area contributed by atoms with Crippen LogP contribution in [-0.2, 0) is 14.4 Å². The van der Waals surface area contributed by atoms with E-state index in [0.717, 1.165) is 11.0 Å². The first-order valence-corrected chi connectivity index (χ1v) is 11.2. The first-order chi connectivity index (χ1) is 17.7. The predicted molar refractivity (Wildman–Crippen MR) is 128 cm³/mol. The quantitative estimate of drug-likeness (QED) is 0.144. The lowest BCUT2D eigenvalue weighted by molar-refractivity contribution is -0.384. The van der Waals surface area contributed by atoms with Gasteiger partial charge in [0.1, 0.15) is 23.2 Å². The van der Waals surface area contributed by atoms with Crippen LogP contribution in [-0.4, -0.2) is 58.9 Å². The van der Waals surface area contributed by atoms with E-state index in [1.165, 1.54) is 61.7 Å². The molecule has 12 heteroatoms. The number of amides is 2. The number of allylic oxidation sites excluding steroid dienone is 1. The van der Waals surface area contributed by atoms with Crippen LogP contribution in [0.25, 0.3) is 0 Å². The number of rotatable bonds is 6. The third kappa shape index (κ3) is 3.82. The van der Waals surface area contributed by atoms with Gasteiger partial charge in [0.25, 0.3) is 5.69 Å². The topological polar surface area (TPSA) is 149 Å². The van der Waals surface area contributed by atoms with Gasteiger partial charge in [0.2, 0.25) is 11.8 Å². The van der Waals surface area contributed by atoms with Gasteiger partial charge in [-0.25, -0.2) is 4.90 Å². The molecule has 0 spiro atoms. The largest absolute Gasteiger partial charge is 0.495 e. The van der Waals surface area contributed by atoms with Gasteiger partial charge >= 0.3 is 5.97 Å². The SMILES string of the molecule is COc1ccc([N+](=O)[O-])cc1N1C(=O)[C@@H]2[C@H](C1=O)[C@H]1C=CC=NN1[C@H]2C(=O)c1ccc(OC(C)=O)cc1. The summed E-state index contributed by atoms with van der Waals surface area (Å²) in [6.07, 6.45) is 4.80. The number of nitro groups is 1. The molecule has 0 N–H and O–H groups in total. The molecule has 0 aromatic heterocycles. The highest BCUT2D eigenvalue weighted by atomic mass is 16.6. The molecule has 188 valence electrons. The summed E-state index contributed by atoms with van der Waals surface area (Å²) in [7, 11) is 1.32. The Hall–Kier alpha value is -4.87. The highest BCUT2D eigenvalue weighted by Crippen LogP contribution is 2.48. The van der Waals surface area contributed by atoms with E-state index in [2.05, 4.69) is 5.10 Å². The van der Waals surface area contributed by atoms with E-state index in [1.54, 1.807) is 12.2 Å². The number of hydrogen-bond donors (Lipinski definition) is 0. The van der Waals surface area contributed by atoms with Crippen LogP contribution in [0.3, 0.4) is 0 Å². The van der Waals surface area contributed by atoms with E-state index >= 15 is 0 Å². The Kier molecular flexibility index (Phi) is 5.78. The zero-order chi connectivity index (χ0) is 26.4. The highest BCUT2D eigenvalue weighted by molar-refractivity contribution is 6.25. The molecular formula is C25H20N4O8. The third-order valence-corrected chi connectivity index (χ3v) is 6.57. The number of fused-ring (bicyclic) bond motifs is 3. The Bertz CT molecular complexity index is 1400. The van der Waals surface area contributed by atoms with Crippen LogP contribution in [0.5, 0.6) is 11.5 Å². The number of benzene rings is 2. The maximum Gasteiger partial charge on any atom is 0.308 e. The summed E-state index contributed by atoms with van der Waals surface area (Å²) >= 11 is 0. The lowest BCUT2D eigenvalue weighted by Crippen LogP contribution is -2.46. The molecule has 2 aromatic rings. The number of ether oxygens (including phenoxy) is 2. The molecule has 12 nitrogen and oxygen atoms in total. The Labute approximate surface area is 209 Å². The number of Topliss-reactive ketones (excluding diaryl/α,β-unsaturated/α-hetero) is 1. The monoisotopic (exact) mass is 504 g/mol. The molecule has 0 saturated carbocycles. The van der Waals surface area contributed by atoms with E-state index in [0.29, 0.717) is 0 Å². The van der Waals surface area contributed by atoms with Gasteiger partial charge in [0, 0.05) is 30.8 Å². The molecule has 5 rings (SSSR count). The summed E-state index contributed by atoms with van der Waals surface area (Å²) in [4.78, 5) is 63.9. The fraction of sp³-hybridized carbons (Fsp3) is 0.240. The van der Waals surface area contributed by atoms with Crippen LogP contribution in [0.15, 0.2) is 59.7 Å². The summed E-state index contributed by atoms with van der Waals surface area (Å²) in [6.45, 7) is 1.25. The molecule has 0 aliphatic carbocycles. The van der Waals surface area contributed by atoms with Gasteiger partial charge in [-0.15, -0.1) is 0 Å². The Balaban J connectivity index is 1.55. The lowest BCUT2D eigenvalue weighted by atomic mass is 9.86. The van der Waals surface area contributed by atoms with Crippen LogP contribution >= 0.6 is 0 Å². The molecule has 0 unspecified atom stereocenters. The standard InChI is InChI=1S/C25H20N4O8/c1-13(30)37-16-8-5-14(6-9-16)23(31)22-21-20(17-4-3-11-26-28(17)22)24(32)27(25(21)33)18-12-15(29(34)35)7-10-19(18)36-2/h3-12,17,20-22H,1-2H3/t17-,20-,21-,22-/m1/s1. The first-order valence-electron chi connectivity index (χ1n) is 11.2. The van der Waals surface area contributed by atoms with Crippen molar-refractivity contribution in [3.05, 3.63) is 70.3 Å². The maximum atomic E-state index is 13.8. The summed E-state index contributed by atoms with van der Waals surface area (Å²) < 4.78 is 10.3. The van der Waals surface area contributed by atoms with Crippen LogP contribution < -0.4 is 14.4 Å². The number of methoxy groups -OCH3 is 1. The predicted octanol–water partition coefficient (Wildman–Crippen LogP) is 2.13. The number of esters is 1. The first kappa shape index (κ1) is 23.9. The van der Waals surface area contributed by atoms with Crippen molar-refractivity contribution in [1.29, 1.82) is 0 Å². The van der Waals surface area contributed by atoms with Crippen LogP contribution in [0.2, 0.25) is 0 Å². The molecular weight excluding hydrogens is 484 g/mol. The minimum atomic E-state index is -1.11. The van der Waals surface area contributed by atoms with E-state index in [9.17, 15) is 29.3 Å². The average Bonchev–Trinajstić information content (AvgIpc) is 3.35. The number of carbonyl (C=O) groups excluding carboxylic acids is 4. The van der Waals surface area contributed by atoms with Gasteiger partial charge in [-0.05, 0) is 36.4 Å². The second kappa shape index (κ2) is 8.97. The fourth-order valence-electron chi connectivity index (χ4n) is 5.07. The van der Waals surface area contributed by atoms with E-state index < -0.39 is 52.4 Å². The third-order valence-electron chi connectivity index (χ3n) is 6.57. The molecule has 2 amide bonds. The number of hydrogen-bond acceptors (Lipinski definition) is 10. The molecule has 0 radical (unpaired) electrons. The number of non-ortho nitro benzene ring substituents is 1. The highest BCUT2D eigenvalue weighted by Gasteiger charge is 2.64. The van der Waals surface area contributed by atoms with Gasteiger partial charge < -0.3 is 9.47 Å². The molecule has 0 bridgehead atoms. The van der Waals surface area contributed by atoms with Crippen LogP contribution in [0.1, 0.15) is 17.3 Å². The van der Waals surface area contributed by atoms with Crippen molar-refractivity contribution in [2.24, 2.45) is 16.9 Å². The number of anilines is 1. The minimum absolute atomic E-state index is 0.0622. The van der Waals surface area contributed by atoms with Crippen molar-refractivity contribution in [3.8, 4) is 11.5 Å². The number of ketones is 1. The maximum absolute atomic E-state index is 13.8. The normalized spacial score (nSPS) is 23.6. The number of carbonyl (C=O) groups is 4. The van der Waals surface area contributed by atoms with E-state index in [4.69, 9.17) is 9.47 Å². The van der Waals surface area contributed by atoms with Gasteiger partial charge in [-0.3, -0.25) is 34.3 Å². The Morgan fingerprint density at radius 2 is 1.76 bits per heavy atom. The van der Waals surface area contributed by atoms with Crippen molar-refractivity contribution >= 4 is 41.2 Å². The summed E-state index contributed by atoms with van der Waals surface area (Å²) in [5, 5.41) is 17.1.